The van der Waals surface area contributed by atoms with Gasteiger partial charge < -0.3 is 10.1 Å². The first kappa shape index (κ1) is 13.2. The highest BCUT2D eigenvalue weighted by Gasteiger charge is 2.31. The summed E-state index contributed by atoms with van der Waals surface area (Å²) in [6, 6.07) is 5.55. The molecule has 4 nitrogen and oxygen atoms in total. The van der Waals surface area contributed by atoms with Crippen LogP contribution < -0.4 is 5.32 Å². The number of halogens is 1. The molecule has 0 unspecified atom stereocenters. The molecule has 92 valence electrons. The molecule has 0 aliphatic heterocycles. The van der Waals surface area contributed by atoms with E-state index < -0.39 is 23.2 Å². The summed E-state index contributed by atoms with van der Waals surface area (Å²) in [5.41, 5.74) is -1.31. The third-order valence-corrected chi connectivity index (χ3v) is 2.24. The topological polar surface area (TPSA) is 55.4 Å². The Kier molecular flexibility index (Phi) is 3.83. The molecule has 0 radical (unpaired) electrons. The fourth-order valence-electron chi connectivity index (χ4n) is 1.30. The molecule has 0 heterocycles. The van der Waals surface area contributed by atoms with Crippen molar-refractivity contribution >= 4 is 11.9 Å². The summed E-state index contributed by atoms with van der Waals surface area (Å²) in [5.74, 6) is -1.88. The van der Waals surface area contributed by atoms with Crippen LogP contribution in [0, 0.1) is 5.82 Å². The Morgan fingerprint density at radius 1 is 1.29 bits per heavy atom. The van der Waals surface area contributed by atoms with Crippen molar-refractivity contribution in [3.63, 3.8) is 0 Å². The highest BCUT2D eigenvalue weighted by atomic mass is 19.1. The molecule has 0 atom stereocenters. The van der Waals surface area contributed by atoms with Crippen molar-refractivity contribution in [1.82, 2.24) is 5.32 Å². The second-order valence-electron chi connectivity index (χ2n) is 4.05. The summed E-state index contributed by atoms with van der Waals surface area (Å²) >= 11 is 0. The van der Waals surface area contributed by atoms with Crippen molar-refractivity contribution in [1.29, 1.82) is 0 Å². The van der Waals surface area contributed by atoms with Gasteiger partial charge in [-0.3, -0.25) is 4.79 Å². The minimum absolute atomic E-state index is 0.107. The fraction of sp³-hybridized carbons (Fsp3) is 0.333. The molecular weight excluding hydrogens is 225 g/mol. The molecule has 1 aromatic carbocycles. The molecule has 17 heavy (non-hydrogen) atoms. The molecule has 0 fully saturated rings. The van der Waals surface area contributed by atoms with Crippen LogP contribution in [0.2, 0.25) is 0 Å². The van der Waals surface area contributed by atoms with Gasteiger partial charge in [-0.25, -0.2) is 9.18 Å². The smallest absolute Gasteiger partial charge is 0.330 e. The molecule has 1 amide bonds. The molecule has 0 aliphatic rings. The zero-order valence-electron chi connectivity index (χ0n) is 9.91. The van der Waals surface area contributed by atoms with Crippen LogP contribution >= 0.6 is 0 Å². The molecule has 5 heteroatoms. The third kappa shape index (κ3) is 3.03. The maximum atomic E-state index is 13.3. The number of nitrogens with one attached hydrogen (secondary N) is 1. The zero-order valence-corrected chi connectivity index (χ0v) is 9.91. The fourth-order valence-corrected chi connectivity index (χ4v) is 1.30. The maximum absolute atomic E-state index is 13.3. The Bertz CT molecular complexity index is 443. The van der Waals surface area contributed by atoms with Crippen molar-refractivity contribution in [2.45, 2.75) is 19.4 Å². The highest BCUT2D eigenvalue weighted by Crippen LogP contribution is 2.10. The van der Waals surface area contributed by atoms with Crippen molar-refractivity contribution in [2.24, 2.45) is 0 Å². The average molecular weight is 239 g/mol. The first-order valence-electron chi connectivity index (χ1n) is 5.04. The van der Waals surface area contributed by atoms with Gasteiger partial charge in [0.2, 0.25) is 0 Å². The number of carbonyl (C=O) groups excluding carboxylic acids is 2. The van der Waals surface area contributed by atoms with Gasteiger partial charge >= 0.3 is 5.97 Å². The minimum atomic E-state index is -1.20. The Balaban J connectivity index is 2.87. The number of ether oxygens (including phenoxy) is 1. The number of hydrogen-bond donors (Lipinski definition) is 1. The second-order valence-corrected chi connectivity index (χ2v) is 4.05. The van der Waals surface area contributed by atoms with Gasteiger partial charge in [-0.05, 0) is 26.0 Å². The monoisotopic (exact) mass is 239 g/mol. The first-order chi connectivity index (χ1) is 7.88. The Morgan fingerprint density at radius 3 is 2.41 bits per heavy atom. The quantitative estimate of drug-likeness (QED) is 0.813. The summed E-state index contributed by atoms with van der Waals surface area (Å²) < 4.78 is 17.9. The maximum Gasteiger partial charge on any atom is 0.330 e. The Labute approximate surface area is 98.8 Å². The number of rotatable bonds is 3. The van der Waals surface area contributed by atoms with Crippen LogP contribution in [0.5, 0.6) is 0 Å². The summed E-state index contributed by atoms with van der Waals surface area (Å²) in [5, 5.41) is 2.41. The van der Waals surface area contributed by atoms with E-state index in [0.29, 0.717) is 0 Å². The minimum Gasteiger partial charge on any atom is -0.467 e. The van der Waals surface area contributed by atoms with Gasteiger partial charge in [0.1, 0.15) is 11.4 Å². The van der Waals surface area contributed by atoms with Gasteiger partial charge in [-0.15, -0.1) is 0 Å². The van der Waals surface area contributed by atoms with Crippen molar-refractivity contribution in [2.75, 3.05) is 7.11 Å². The third-order valence-electron chi connectivity index (χ3n) is 2.24. The number of esters is 1. The van der Waals surface area contributed by atoms with E-state index in [2.05, 4.69) is 10.1 Å². The predicted molar refractivity (Wildman–Crippen MR) is 60.0 cm³/mol. The highest BCUT2D eigenvalue weighted by molar-refractivity contribution is 5.98. The number of benzene rings is 1. The van der Waals surface area contributed by atoms with Crippen LogP contribution in [0.3, 0.4) is 0 Å². The molecule has 1 N–H and O–H groups in total. The SMILES string of the molecule is COC(=O)C(C)(C)NC(=O)c1ccccc1F. The van der Waals surface area contributed by atoms with E-state index in [0.717, 1.165) is 0 Å². The van der Waals surface area contributed by atoms with Crippen LogP contribution in [0.1, 0.15) is 24.2 Å². The standard InChI is InChI=1S/C12H14FNO3/c1-12(2,11(16)17-3)14-10(15)8-6-4-5-7-9(8)13/h4-7H,1-3H3,(H,14,15). The predicted octanol–water partition coefficient (Wildman–Crippen LogP) is 1.51. The summed E-state index contributed by atoms with van der Waals surface area (Å²) in [7, 11) is 1.22. The summed E-state index contributed by atoms with van der Waals surface area (Å²) in [4.78, 5) is 23.1. The van der Waals surface area contributed by atoms with E-state index in [9.17, 15) is 14.0 Å². The van der Waals surface area contributed by atoms with Gasteiger partial charge in [-0.2, -0.15) is 0 Å². The zero-order chi connectivity index (χ0) is 13.1. The molecule has 0 bridgehead atoms. The van der Waals surface area contributed by atoms with Crippen LogP contribution in [-0.2, 0) is 9.53 Å². The molecular formula is C12H14FNO3. The average Bonchev–Trinajstić information content (AvgIpc) is 2.27. The van der Waals surface area contributed by atoms with Gasteiger partial charge in [0.25, 0.3) is 5.91 Å². The normalized spacial score (nSPS) is 10.8. The largest absolute Gasteiger partial charge is 0.467 e. The van der Waals surface area contributed by atoms with Gasteiger partial charge in [-0.1, -0.05) is 12.1 Å². The van der Waals surface area contributed by atoms with Gasteiger partial charge in [0.15, 0.2) is 0 Å². The van der Waals surface area contributed by atoms with Gasteiger partial charge in [0.05, 0.1) is 12.7 Å². The number of carbonyl (C=O) groups is 2. The van der Waals surface area contributed by atoms with E-state index in [1.54, 1.807) is 6.07 Å². The van der Waals surface area contributed by atoms with E-state index in [1.165, 1.54) is 39.2 Å². The summed E-state index contributed by atoms with van der Waals surface area (Å²) in [6.07, 6.45) is 0. The molecule has 0 aromatic heterocycles. The molecule has 0 saturated carbocycles. The first-order valence-corrected chi connectivity index (χ1v) is 5.04. The van der Waals surface area contributed by atoms with Gasteiger partial charge in [0, 0.05) is 0 Å². The Hall–Kier alpha value is -1.91. The van der Waals surface area contributed by atoms with Crippen LogP contribution in [0.4, 0.5) is 4.39 Å². The summed E-state index contributed by atoms with van der Waals surface area (Å²) in [6.45, 7) is 2.97. The number of methoxy groups -OCH3 is 1. The molecule has 0 spiro atoms. The lowest BCUT2D eigenvalue weighted by atomic mass is 10.0. The van der Waals surface area contributed by atoms with E-state index in [-0.39, 0.29) is 5.56 Å². The van der Waals surface area contributed by atoms with Crippen molar-refractivity contribution in [3.8, 4) is 0 Å². The van der Waals surface area contributed by atoms with Crippen molar-refractivity contribution in [3.05, 3.63) is 35.6 Å². The lowest BCUT2D eigenvalue weighted by molar-refractivity contribution is -0.146. The van der Waals surface area contributed by atoms with E-state index in [4.69, 9.17) is 0 Å². The molecule has 1 rings (SSSR count). The van der Waals surface area contributed by atoms with Crippen LogP contribution in [0.25, 0.3) is 0 Å². The van der Waals surface area contributed by atoms with Crippen molar-refractivity contribution < 1.29 is 18.7 Å². The van der Waals surface area contributed by atoms with E-state index in [1.807, 2.05) is 0 Å². The van der Waals surface area contributed by atoms with Crippen LogP contribution in [-0.4, -0.2) is 24.5 Å². The number of amides is 1. The number of hydrogen-bond acceptors (Lipinski definition) is 3. The van der Waals surface area contributed by atoms with Crippen LogP contribution in [0.15, 0.2) is 24.3 Å². The van der Waals surface area contributed by atoms with E-state index >= 15 is 0 Å². The molecule has 0 aliphatic carbocycles. The molecule has 0 saturated heterocycles. The lowest BCUT2D eigenvalue weighted by Crippen LogP contribution is -2.50. The Morgan fingerprint density at radius 2 is 1.88 bits per heavy atom. The second kappa shape index (κ2) is 4.95. The molecule has 1 aromatic rings. The lowest BCUT2D eigenvalue weighted by Gasteiger charge is -2.23.